The standard InChI is InChI=1S/C15H17N3OS2/c1-9(2)19-12-6-4-5-11-14(12)17-15(20)18(11)7-13-16-10(3)8-21-13/h4-6,8-9H,7H2,1-3H3,(H,17,20). The average Bonchev–Trinajstić information content (AvgIpc) is 2.96. The molecule has 0 atom stereocenters. The smallest absolute Gasteiger partial charge is 0.178 e. The zero-order valence-corrected chi connectivity index (χ0v) is 13.8. The number of aryl methyl sites for hydroxylation is 1. The number of fused-ring (bicyclic) bond motifs is 1. The Morgan fingerprint density at radius 1 is 1.43 bits per heavy atom. The van der Waals surface area contributed by atoms with Crippen molar-refractivity contribution in [1.82, 2.24) is 14.5 Å². The monoisotopic (exact) mass is 319 g/mol. The van der Waals surface area contributed by atoms with Gasteiger partial charge in [-0.05, 0) is 45.1 Å². The molecule has 0 saturated heterocycles. The van der Waals surface area contributed by atoms with E-state index in [1.54, 1.807) is 11.3 Å². The lowest BCUT2D eigenvalue weighted by atomic mass is 10.3. The fourth-order valence-electron chi connectivity index (χ4n) is 2.27. The number of benzene rings is 1. The Hall–Kier alpha value is -1.66. The summed E-state index contributed by atoms with van der Waals surface area (Å²) in [6.45, 7) is 6.72. The molecule has 0 unspecified atom stereocenters. The third-order valence-corrected chi connectivity index (χ3v) is 4.37. The second-order valence-corrected chi connectivity index (χ2v) is 6.55. The largest absolute Gasteiger partial charge is 0.489 e. The molecule has 2 aromatic heterocycles. The van der Waals surface area contributed by atoms with Crippen LogP contribution < -0.4 is 4.74 Å². The van der Waals surface area contributed by atoms with E-state index < -0.39 is 0 Å². The number of hydrogen-bond donors (Lipinski definition) is 1. The second kappa shape index (κ2) is 5.61. The molecule has 0 radical (unpaired) electrons. The predicted octanol–water partition coefficient (Wildman–Crippen LogP) is 4.30. The summed E-state index contributed by atoms with van der Waals surface area (Å²) >= 11 is 7.12. The molecule has 0 aliphatic rings. The topological polar surface area (TPSA) is 42.8 Å². The Labute approximate surface area is 132 Å². The first-order valence-electron chi connectivity index (χ1n) is 6.84. The summed E-state index contributed by atoms with van der Waals surface area (Å²) in [4.78, 5) is 7.77. The number of nitrogens with zero attached hydrogens (tertiary/aromatic N) is 2. The molecule has 3 aromatic rings. The van der Waals surface area contributed by atoms with Crippen molar-refractivity contribution < 1.29 is 4.74 Å². The van der Waals surface area contributed by atoms with Gasteiger partial charge >= 0.3 is 0 Å². The Morgan fingerprint density at radius 2 is 2.24 bits per heavy atom. The molecular formula is C15H17N3OS2. The van der Waals surface area contributed by atoms with Crippen LogP contribution in [0.15, 0.2) is 23.6 Å². The summed E-state index contributed by atoms with van der Waals surface area (Å²) in [6.07, 6.45) is 0.127. The van der Waals surface area contributed by atoms with E-state index in [1.165, 1.54) is 0 Å². The van der Waals surface area contributed by atoms with Gasteiger partial charge in [-0.1, -0.05) is 6.07 Å². The number of rotatable bonds is 4. The first kappa shape index (κ1) is 14.3. The highest BCUT2D eigenvalue weighted by molar-refractivity contribution is 7.71. The Kier molecular flexibility index (Phi) is 3.82. The molecule has 0 fully saturated rings. The van der Waals surface area contributed by atoms with Crippen LogP contribution in [0.3, 0.4) is 0 Å². The van der Waals surface area contributed by atoms with Crippen LogP contribution in [-0.2, 0) is 6.54 Å². The summed E-state index contributed by atoms with van der Waals surface area (Å²) in [5.41, 5.74) is 3.04. The second-order valence-electron chi connectivity index (χ2n) is 5.22. The van der Waals surface area contributed by atoms with E-state index in [-0.39, 0.29) is 6.10 Å². The van der Waals surface area contributed by atoms with Gasteiger partial charge in [-0.25, -0.2) is 4.98 Å². The number of aromatic nitrogens is 3. The zero-order chi connectivity index (χ0) is 15.0. The molecule has 21 heavy (non-hydrogen) atoms. The summed E-state index contributed by atoms with van der Waals surface area (Å²) in [7, 11) is 0. The third kappa shape index (κ3) is 2.87. The Morgan fingerprint density at radius 3 is 2.90 bits per heavy atom. The van der Waals surface area contributed by atoms with Gasteiger partial charge < -0.3 is 14.3 Å². The number of hydrogen-bond acceptors (Lipinski definition) is 4. The van der Waals surface area contributed by atoms with Crippen molar-refractivity contribution in [1.29, 1.82) is 0 Å². The van der Waals surface area contributed by atoms with E-state index in [4.69, 9.17) is 17.0 Å². The summed E-state index contributed by atoms with van der Waals surface area (Å²) in [5.74, 6) is 0.836. The third-order valence-electron chi connectivity index (χ3n) is 3.09. The molecule has 0 aliphatic heterocycles. The molecule has 6 heteroatoms. The number of imidazole rings is 1. The number of H-pyrrole nitrogens is 1. The van der Waals surface area contributed by atoms with E-state index in [0.717, 1.165) is 27.5 Å². The lowest BCUT2D eigenvalue weighted by molar-refractivity contribution is 0.245. The molecule has 0 saturated carbocycles. The summed E-state index contributed by atoms with van der Waals surface area (Å²) < 4.78 is 8.60. The molecule has 1 N–H and O–H groups in total. The highest BCUT2D eigenvalue weighted by Crippen LogP contribution is 2.26. The van der Waals surface area contributed by atoms with Gasteiger partial charge in [0.15, 0.2) is 4.77 Å². The molecule has 2 heterocycles. The molecule has 1 aromatic carbocycles. The van der Waals surface area contributed by atoms with Crippen LogP contribution in [0.4, 0.5) is 0 Å². The SMILES string of the molecule is Cc1csc(Cn2c(=S)[nH]c3c(OC(C)C)cccc32)n1. The minimum absolute atomic E-state index is 0.127. The quantitative estimate of drug-likeness (QED) is 0.729. The summed E-state index contributed by atoms with van der Waals surface area (Å²) in [6, 6.07) is 6.01. The van der Waals surface area contributed by atoms with Crippen LogP contribution in [0, 0.1) is 11.7 Å². The number of nitrogens with one attached hydrogen (secondary N) is 1. The maximum absolute atomic E-state index is 5.85. The van der Waals surface area contributed by atoms with Gasteiger partial charge in [0.2, 0.25) is 0 Å². The number of ether oxygens (including phenoxy) is 1. The molecule has 110 valence electrons. The Balaban J connectivity index is 2.07. The minimum Gasteiger partial charge on any atom is -0.489 e. The fraction of sp³-hybridized carbons (Fsp3) is 0.333. The molecule has 0 aliphatic carbocycles. The van der Waals surface area contributed by atoms with Gasteiger partial charge in [-0.3, -0.25) is 0 Å². The van der Waals surface area contributed by atoms with Crippen LogP contribution in [0.1, 0.15) is 24.5 Å². The van der Waals surface area contributed by atoms with Crippen LogP contribution >= 0.6 is 23.6 Å². The van der Waals surface area contributed by atoms with Crippen LogP contribution in [0.5, 0.6) is 5.75 Å². The maximum Gasteiger partial charge on any atom is 0.178 e. The van der Waals surface area contributed by atoms with E-state index in [0.29, 0.717) is 11.3 Å². The zero-order valence-electron chi connectivity index (χ0n) is 12.2. The number of thiazole rings is 1. The Bertz CT molecular complexity index is 829. The molecule has 0 spiro atoms. The van der Waals surface area contributed by atoms with Crippen LogP contribution in [0.25, 0.3) is 11.0 Å². The number of para-hydroxylation sites is 1. The first-order valence-corrected chi connectivity index (χ1v) is 8.12. The van der Waals surface area contributed by atoms with Gasteiger partial charge in [0.25, 0.3) is 0 Å². The minimum atomic E-state index is 0.127. The molecular weight excluding hydrogens is 302 g/mol. The van der Waals surface area contributed by atoms with Gasteiger partial charge in [0.05, 0.1) is 18.2 Å². The first-order chi connectivity index (χ1) is 10.0. The van der Waals surface area contributed by atoms with Crippen molar-refractivity contribution in [3.05, 3.63) is 39.1 Å². The van der Waals surface area contributed by atoms with Gasteiger partial charge in [0, 0.05) is 11.1 Å². The van der Waals surface area contributed by atoms with E-state index >= 15 is 0 Å². The average molecular weight is 319 g/mol. The molecule has 4 nitrogen and oxygen atoms in total. The lowest BCUT2D eigenvalue weighted by Gasteiger charge is -2.10. The fourth-order valence-corrected chi connectivity index (χ4v) is 3.30. The van der Waals surface area contributed by atoms with Crippen molar-refractivity contribution in [3.8, 4) is 5.75 Å². The normalized spacial score (nSPS) is 11.4. The van der Waals surface area contributed by atoms with Gasteiger partial charge in [0.1, 0.15) is 16.3 Å². The van der Waals surface area contributed by atoms with E-state index in [1.807, 2.05) is 32.9 Å². The van der Waals surface area contributed by atoms with Crippen molar-refractivity contribution in [2.24, 2.45) is 0 Å². The predicted molar refractivity (Wildman–Crippen MR) is 88.8 cm³/mol. The molecule has 0 bridgehead atoms. The van der Waals surface area contributed by atoms with Crippen LogP contribution in [0.2, 0.25) is 0 Å². The van der Waals surface area contributed by atoms with Crippen molar-refractivity contribution in [2.75, 3.05) is 0 Å². The maximum atomic E-state index is 5.85. The highest BCUT2D eigenvalue weighted by Gasteiger charge is 2.11. The van der Waals surface area contributed by atoms with Gasteiger partial charge in [-0.15, -0.1) is 11.3 Å². The number of aromatic amines is 1. The van der Waals surface area contributed by atoms with Gasteiger partial charge in [-0.2, -0.15) is 0 Å². The van der Waals surface area contributed by atoms with E-state index in [2.05, 4.69) is 26.0 Å². The molecule has 3 rings (SSSR count). The lowest BCUT2D eigenvalue weighted by Crippen LogP contribution is -2.06. The van der Waals surface area contributed by atoms with Crippen molar-refractivity contribution in [2.45, 2.75) is 33.4 Å². The van der Waals surface area contributed by atoms with Crippen molar-refractivity contribution >= 4 is 34.6 Å². The highest BCUT2D eigenvalue weighted by atomic mass is 32.1. The molecule has 0 amide bonds. The van der Waals surface area contributed by atoms with Crippen molar-refractivity contribution in [3.63, 3.8) is 0 Å². The van der Waals surface area contributed by atoms with Crippen LogP contribution in [-0.4, -0.2) is 20.6 Å². The summed E-state index contributed by atoms with van der Waals surface area (Å²) in [5, 5.41) is 3.11. The van der Waals surface area contributed by atoms with E-state index in [9.17, 15) is 0 Å².